The Balaban J connectivity index is 1.55. The molecular formula is C23H30N4O2. The quantitative estimate of drug-likeness (QED) is 0.816. The molecule has 1 saturated heterocycles. The van der Waals surface area contributed by atoms with Gasteiger partial charge in [-0.15, -0.1) is 0 Å². The average molecular weight is 395 g/mol. The van der Waals surface area contributed by atoms with Crippen LogP contribution in [0.5, 0.6) is 5.88 Å². The number of anilines is 1. The van der Waals surface area contributed by atoms with Gasteiger partial charge in [0, 0.05) is 50.1 Å². The fraction of sp³-hybridized carbons (Fsp3) is 0.478. The molecule has 2 aliphatic heterocycles. The molecule has 1 aromatic heterocycles. The van der Waals surface area contributed by atoms with E-state index >= 15 is 0 Å². The number of aromatic nitrogens is 1. The number of nitrogens with zero attached hydrogens (tertiary/aromatic N) is 2. The van der Waals surface area contributed by atoms with Crippen molar-refractivity contribution < 1.29 is 9.53 Å². The molecule has 1 aromatic carbocycles. The van der Waals surface area contributed by atoms with Gasteiger partial charge in [-0.3, -0.25) is 4.79 Å². The van der Waals surface area contributed by atoms with Gasteiger partial charge in [0.2, 0.25) is 11.8 Å². The molecule has 0 bridgehead atoms. The molecule has 0 radical (unpaired) electrons. The predicted molar refractivity (Wildman–Crippen MR) is 114 cm³/mol. The van der Waals surface area contributed by atoms with Gasteiger partial charge in [0.15, 0.2) is 0 Å². The summed E-state index contributed by atoms with van der Waals surface area (Å²) in [7, 11) is 3.48. The number of hydrogen-bond acceptors (Lipinski definition) is 5. The van der Waals surface area contributed by atoms with E-state index in [1.807, 2.05) is 7.05 Å². The summed E-state index contributed by atoms with van der Waals surface area (Å²) in [5.74, 6) is 0.783. The minimum atomic E-state index is 0.137. The minimum absolute atomic E-state index is 0.137. The third-order valence-corrected chi connectivity index (χ3v) is 6.11. The van der Waals surface area contributed by atoms with Crippen LogP contribution in [0.15, 0.2) is 36.4 Å². The van der Waals surface area contributed by atoms with Crippen LogP contribution in [0.1, 0.15) is 49.0 Å². The Morgan fingerprint density at radius 1 is 1.24 bits per heavy atom. The van der Waals surface area contributed by atoms with Crippen molar-refractivity contribution in [1.82, 2.24) is 15.6 Å². The molecule has 0 spiro atoms. The van der Waals surface area contributed by atoms with E-state index in [1.54, 1.807) is 12.0 Å². The van der Waals surface area contributed by atoms with Crippen molar-refractivity contribution in [1.29, 1.82) is 0 Å². The third-order valence-electron chi connectivity index (χ3n) is 6.11. The van der Waals surface area contributed by atoms with Crippen molar-refractivity contribution in [3.05, 3.63) is 53.2 Å². The second-order valence-electron chi connectivity index (χ2n) is 8.10. The molecule has 154 valence electrons. The van der Waals surface area contributed by atoms with Crippen LogP contribution < -0.4 is 20.3 Å². The first-order valence-corrected chi connectivity index (χ1v) is 10.4. The number of methoxy groups -OCH3 is 1. The van der Waals surface area contributed by atoms with E-state index < -0.39 is 0 Å². The molecule has 2 N–H and O–H groups in total. The summed E-state index contributed by atoms with van der Waals surface area (Å²) in [5.41, 5.74) is 4.12. The van der Waals surface area contributed by atoms with Gasteiger partial charge >= 0.3 is 0 Å². The maximum Gasteiger partial charge on any atom is 0.227 e. The fourth-order valence-corrected chi connectivity index (χ4v) is 4.42. The van der Waals surface area contributed by atoms with Crippen LogP contribution >= 0.6 is 0 Å². The Bertz CT molecular complexity index is 871. The Labute approximate surface area is 172 Å². The number of amides is 1. The average Bonchev–Trinajstić information content (AvgIpc) is 2.75. The van der Waals surface area contributed by atoms with Gasteiger partial charge in [0.25, 0.3) is 0 Å². The number of nitrogens with one attached hydrogen (secondary N) is 2. The predicted octanol–water partition coefficient (Wildman–Crippen LogP) is 2.97. The van der Waals surface area contributed by atoms with Crippen LogP contribution in [-0.2, 0) is 17.8 Å². The molecule has 0 aliphatic carbocycles. The Morgan fingerprint density at radius 2 is 2.03 bits per heavy atom. The molecule has 0 saturated carbocycles. The molecule has 1 fully saturated rings. The summed E-state index contributed by atoms with van der Waals surface area (Å²) in [6.07, 6.45) is 3.41. The van der Waals surface area contributed by atoms with Crippen molar-refractivity contribution in [3.63, 3.8) is 0 Å². The van der Waals surface area contributed by atoms with E-state index in [-0.39, 0.29) is 11.9 Å². The Morgan fingerprint density at radius 3 is 2.79 bits per heavy atom. The largest absolute Gasteiger partial charge is 0.481 e. The van der Waals surface area contributed by atoms with Crippen molar-refractivity contribution >= 4 is 11.6 Å². The number of rotatable bonds is 5. The lowest BCUT2D eigenvalue weighted by Gasteiger charge is -2.37. The van der Waals surface area contributed by atoms with Gasteiger partial charge in [-0.1, -0.05) is 30.3 Å². The number of carbonyl (C=O) groups excluding carboxylic acids is 1. The number of hydrogen-bond donors (Lipinski definition) is 2. The summed E-state index contributed by atoms with van der Waals surface area (Å²) in [4.78, 5) is 18.5. The molecule has 4 rings (SSSR count). The van der Waals surface area contributed by atoms with Crippen molar-refractivity contribution in [2.24, 2.45) is 0 Å². The van der Waals surface area contributed by atoms with E-state index in [4.69, 9.17) is 9.72 Å². The van der Waals surface area contributed by atoms with Crippen LogP contribution in [0.2, 0.25) is 0 Å². The van der Waals surface area contributed by atoms with E-state index in [1.165, 1.54) is 5.56 Å². The van der Waals surface area contributed by atoms with Gasteiger partial charge in [-0.2, -0.15) is 0 Å². The molecule has 2 aromatic rings. The maximum absolute atomic E-state index is 12.1. The Kier molecular flexibility index (Phi) is 5.83. The summed E-state index contributed by atoms with van der Waals surface area (Å²) in [6, 6.07) is 13.7. The van der Waals surface area contributed by atoms with E-state index in [0.717, 1.165) is 29.8 Å². The topological polar surface area (TPSA) is 66.5 Å². The molecule has 2 aliphatic rings. The summed E-state index contributed by atoms with van der Waals surface area (Å²) in [5, 5.41) is 7.48. The van der Waals surface area contributed by atoms with Crippen LogP contribution in [0.4, 0.5) is 5.69 Å². The molecule has 1 amide bonds. The van der Waals surface area contributed by atoms with Crippen LogP contribution in [-0.4, -0.2) is 37.1 Å². The van der Waals surface area contributed by atoms with Gasteiger partial charge in [-0.05, 0) is 31.4 Å². The first-order chi connectivity index (χ1) is 14.1. The highest BCUT2D eigenvalue weighted by molar-refractivity contribution is 5.95. The zero-order valence-corrected chi connectivity index (χ0v) is 17.4. The molecule has 3 unspecified atom stereocenters. The SMILES string of the molecule is COc1nc2c(cc1CNC1CCC(C)NC1c1ccccc1)N(C)C(=O)CC2. The Hall–Kier alpha value is -2.44. The summed E-state index contributed by atoms with van der Waals surface area (Å²) < 4.78 is 5.57. The zero-order valence-electron chi connectivity index (χ0n) is 17.4. The summed E-state index contributed by atoms with van der Waals surface area (Å²) in [6.45, 7) is 2.89. The lowest BCUT2D eigenvalue weighted by atomic mass is 9.89. The molecule has 29 heavy (non-hydrogen) atoms. The standard InChI is InChI=1S/C23H30N4O2/c1-15-9-10-19(22(25-15)16-7-5-4-6-8-16)24-14-17-13-20-18(26-23(17)29-3)11-12-21(28)27(20)2/h4-8,13,15,19,22,24-25H,9-12,14H2,1-3H3. The minimum Gasteiger partial charge on any atom is -0.481 e. The van der Waals surface area contributed by atoms with Crippen LogP contribution in [0.3, 0.4) is 0 Å². The highest BCUT2D eigenvalue weighted by Crippen LogP contribution is 2.31. The number of fused-ring (bicyclic) bond motifs is 1. The maximum atomic E-state index is 12.1. The number of carbonyl (C=O) groups is 1. The first kappa shape index (κ1) is 19.9. The number of benzene rings is 1. The zero-order chi connectivity index (χ0) is 20.4. The summed E-state index contributed by atoms with van der Waals surface area (Å²) >= 11 is 0. The molecule has 3 heterocycles. The van der Waals surface area contributed by atoms with Gasteiger partial charge in [-0.25, -0.2) is 4.98 Å². The van der Waals surface area contributed by atoms with E-state index in [0.29, 0.717) is 37.4 Å². The molecular weight excluding hydrogens is 364 g/mol. The van der Waals surface area contributed by atoms with E-state index in [9.17, 15) is 4.79 Å². The highest BCUT2D eigenvalue weighted by atomic mass is 16.5. The van der Waals surface area contributed by atoms with Gasteiger partial charge in [0.1, 0.15) is 0 Å². The van der Waals surface area contributed by atoms with Gasteiger partial charge < -0.3 is 20.3 Å². The number of piperidine rings is 1. The smallest absolute Gasteiger partial charge is 0.227 e. The fourth-order valence-electron chi connectivity index (χ4n) is 4.42. The van der Waals surface area contributed by atoms with Crippen LogP contribution in [0, 0.1) is 0 Å². The third kappa shape index (κ3) is 4.14. The lowest BCUT2D eigenvalue weighted by molar-refractivity contribution is -0.118. The van der Waals surface area contributed by atoms with Crippen LogP contribution in [0.25, 0.3) is 0 Å². The van der Waals surface area contributed by atoms with Crippen molar-refractivity contribution in [3.8, 4) is 5.88 Å². The number of ether oxygens (including phenoxy) is 1. The second kappa shape index (κ2) is 8.51. The van der Waals surface area contributed by atoms with Crippen molar-refractivity contribution in [2.45, 2.75) is 57.3 Å². The second-order valence-corrected chi connectivity index (χ2v) is 8.10. The lowest BCUT2D eigenvalue weighted by Crippen LogP contribution is -2.49. The van der Waals surface area contributed by atoms with Crippen molar-refractivity contribution in [2.75, 3.05) is 19.1 Å². The number of aryl methyl sites for hydroxylation is 1. The first-order valence-electron chi connectivity index (χ1n) is 10.4. The monoisotopic (exact) mass is 394 g/mol. The number of pyridine rings is 1. The molecule has 3 atom stereocenters. The highest BCUT2D eigenvalue weighted by Gasteiger charge is 2.30. The molecule has 6 nitrogen and oxygen atoms in total. The van der Waals surface area contributed by atoms with Gasteiger partial charge in [0.05, 0.1) is 18.5 Å². The normalized spacial score (nSPS) is 24.3. The van der Waals surface area contributed by atoms with E-state index in [2.05, 4.69) is 54.0 Å². The molecule has 6 heteroatoms.